The first-order chi connectivity index (χ1) is 6.19. The van der Waals surface area contributed by atoms with Crippen LogP contribution < -0.4 is 0 Å². The molecule has 0 aliphatic heterocycles. The molecule has 0 amide bonds. The van der Waals surface area contributed by atoms with E-state index < -0.39 is 0 Å². The Balaban J connectivity index is 3.05. The Bertz CT molecular complexity index is 323. The summed E-state index contributed by atoms with van der Waals surface area (Å²) in [6.07, 6.45) is 0.527. The molecule has 0 saturated heterocycles. The first-order valence-corrected chi connectivity index (χ1v) is 5.39. The second-order valence-corrected chi connectivity index (χ2v) is 3.85. The Kier molecular flexibility index (Phi) is 3.94. The number of hydrogen-bond donors (Lipinski definition) is 0. The molecule has 1 aromatic rings. The van der Waals surface area contributed by atoms with Gasteiger partial charge in [-0.1, -0.05) is 28.9 Å². The molecule has 1 nitrogen and oxygen atoms in total. The van der Waals surface area contributed by atoms with Crippen LogP contribution in [-0.4, -0.2) is 5.78 Å². The highest BCUT2D eigenvalue weighted by atomic mass is 79.9. The van der Waals surface area contributed by atoms with Crippen LogP contribution in [0, 0.1) is 0 Å². The van der Waals surface area contributed by atoms with Crippen molar-refractivity contribution in [1.29, 1.82) is 0 Å². The second kappa shape index (κ2) is 4.77. The molecule has 1 rings (SSSR count). The third-order valence-electron chi connectivity index (χ3n) is 1.81. The molecule has 0 unspecified atom stereocenters. The molecule has 0 aliphatic carbocycles. The summed E-state index contributed by atoms with van der Waals surface area (Å²) >= 11 is 9.01. The van der Waals surface area contributed by atoms with Gasteiger partial charge < -0.3 is 0 Å². The molecule has 0 atom stereocenters. The minimum atomic E-state index is 0.146. The van der Waals surface area contributed by atoms with E-state index in [0.717, 1.165) is 15.6 Å². The van der Waals surface area contributed by atoms with E-state index in [1.54, 1.807) is 0 Å². The molecular weight excluding hydrogens is 251 g/mol. The number of carbonyl (C=O) groups is 1. The van der Waals surface area contributed by atoms with Gasteiger partial charge in [0.05, 0.1) is 0 Å². The summed E-state index contributed by atoms with van der Waals surface area (Å²) in [4.78, 5) is 11.4. The molecule has 0 aliphatic rings. The molecule has 0 N–H and O–H groups in total. The summed E-state index contributed by atoms with van der Waals surface area (Å²) < 4.78 is 0.831. The van der Waals surface area contributed by atoms with Crippen LogP contribution in [0.15, 0.2) is 22.7 Å². The smallest absolute Gasteiger partial charge is 0.163 e. The minimum absolute atomic E-state index is 0.146. The summed E-state index contributed by atoms with van der Waals surface area (Å²) in [5, 5.41) is 0. The summed E-state index contributed by atoms with van der Waals surface area (Å²) in [5.41, 5.74) is 1.75. The van der Waals surface area contributed by atoms with Gasteiger partial charge in [-0.25, -0.2) is 0 Å². The molecule has 0 radical (unpaired) electrons. The summed E-state index contributed by atoms with van der Waals surface area (Å²) in [7, 11) is 0. The molecule has 3 heteroatoms. The molecule has 0 fully saturated rings. The predicted octanol–water partition coefficient (Wildman–Crippen LogP) is 3.78. The number of alkyl halides is 1. The van der Waals surface area contributed by atoms with Gasteiger partial charge in [0.2, 0.25) is 0 Å². The number of ketones is 1. The van der Waals surface area contributed by atoms with E-state index in [-0.39, 0.29) is 5.78 Å². The highest BCUT2D eigenvalue weighted by Crippen LogP contribution is 2.20. The van der Waals surface area contributed by atoms with E-state index in [9.17, 15) is 4.79 Å². The number of benzene rings is 1. The second-order valence-electron chi connectivity index (χ2n) is 2.72. The van der Waals surface area contributed by atoms with Crippen LogP contribution in [0.2, 0.25) is 0 Å². The molecule has 70 valence electrons. The standard InChI is InChI=1S/C10H10BrClO/c1-2-10(13)8-4-3-7(6-12)5-9(8)11/h3-5H,2,6H2,1H3. The van der Waals surface area contributed by atoms with Crippen LogP contribution in [0.5, 0.6) is 0 Å². The van der Waals surface area contributed by atoms with E-state index in [1.165, 1.54) is 0 Å². The third-order valence-corrected chi connectivity index (χ3v) is 2.77. The van der Waals surface area contributed by atoms with Gasteiger partial charge in [0.25, 0.3) is 0 Å². The SMILES string of the molecule is CCC(=O)c1ccc(CCl)cc1Br. The van der Waals surface area contributed by atoms with Crippen molar-refractivity contribution in [2.45, 2.75) is 19.2 Å². The lowest BCUT2D eigenvalue weighted by Crippen LogP contribution is -1.98. The van der Waals surface area contributed by atoms with Gasteiger partial charge in [-0.15, -0.1) is 11.6 Å². The van der Waals surface area contributed by atoms with Gasteiger partial charge >= 0.3 is 0 Å². The molecule has 0 saturated carbocycles. The maximum atomic E-state index is 11.4. The average Bonchev–Trinajstić information content (AvgIpc) is 2.16. The van der Waals surface area contributed by atoms with Gasteiger partial charge in [-0.3, -0.25) is 4.79 Å². The lowest BCUT2D eigenvalue weighted by molar-refractivity contribution is 0.0987. The van der Waals surface area contributed by atoms with Crippen molar-refractivity contribution in [1.82, 2.24) is 0 Å². The van der Waals surface area contributed by atoms with E-state index in [1.807, 2.05) is 25.1 Å². The van der Waals surface area contributed by atoms with Crippen LogP contribution in [-0.2, 0) is 5.88 Å². The fourth-order valence-corrected chi connectivity index (χ4v) is 1.87. The van der Waals surface area contributed by atoms with Gasteiger partial charge in [-0.2, -0.15) is 0 Å². The number of carbonyl (C=O) groups excluding carboxylic acids is 1. The maximum Gasteiger partial charge on any atom is 0.163 e. The number of rotatable bonds is 3. The van der Waals surface area contributed by atoms with Crippen molar-refractivity contribution in [3.05, 3.63) is 33.8 Å². The fourth-order valence-electron chi connectivity index (χ4n) is 1.06. The monoisotopic (exact) mass is 260 g/mol. The van der Waals surface area contributed by atoms with Gasteiger partial charge in [-0.05, 0) is 17.7 Å². The van der Waals surface area contributed by atoms with E-state index in [0.29, 0.717) is 12.3 Å². The number of Topliss-reactive ketones (excluding diaryl/α,β-unsaturated/α-hetero) is 1. The molecule has 0 heterocycles. The zero-order chi connectivity index (χ0) is 9.84. The van der Waals surface area contributed by atoms with Crippen molar-refractivity contribution in [3.8, 4) is 0 Å². The lowest BCUT2D eigenvalue weighted by atomic mass is 10.1. The van der Waals surface area contributed by atoms with Crippen molar-refractivity contribution >= 4 is 33.3 Å². The zero-order valence-corrected chi connectivity index (χ0v) is 9.65. The first-order valence-electron chi connectivity index (χ1n) is 4.06. The quantitative estimate of drug-likeness (QED) is 0.598. The number of halogens is 2. The summed E-state index contributed by atoms with van der Waals surface area (Å²) in [6.45, 7) is 1.85. The molecular formula is C10H10BrClO. The molecule has 13 heavy (non-hydrogen) atoms. The van der Waals surface area contributed by atoms with Crippen molar-refractivity contribution in [2.75, 3.05) is 0 Å². The predicted molar refractivity (Wildman–Crippen MR) is 58.3 cm³/mol. The van der Waals surface area contributed by atoms with Crippen LogP contribution in [0.3, 0.4) is 0 Å². The minimum Gasteiger partial charge on any atom is -0.294 e. The Morgan fingerprint density at radius 2 is 2.23 bits per heavy atom. The fraction of sp³-hybridized carbons (Fsp3) is 0.300. The van der Waals surface area contributed by atoms with Crippen LogP contribution >= 0.6 is 27.5 Å². The van der Waals surface area contributed by atoms with Crippen LogP contribution in [0.1, 0.15) is 29.3 Å². The molecule has 1 aromatic carbocycles. The van der Waals surface area contributed by atoms with Gasteiger partial charge in [0.1, 0.15) is 0 Å². The Hall–Kier alpha value is -0.340. The molecule has 0 bridgehead atoms. The van der Waals surface area contributed by atoms with E-state index >= 15 is 0 Å². The molecule has 0 spiro atoms. The van der Waals surface area contributed by atoms with E-state index in [4.69, 9.17) is 11.6 Å². The van der Waals surface area contributed by atoms with Crippen molar-refractivity contribution < 1.29 is 4.79 Å². The average molecular weight is 262 g/mol. The van der Waals surface area contributed by atoms with E-state index in [2.05, 4.69) is 15.9 Å². The Labute approximate surface area is 91.2 Å². The van der Waals surface area contributed by atoms with Gasteiger partial charge in [0.15, 0.2) is 5.78 Å². The largest absolute Gasteiger partial charge is 0.294 e. The van der Waals surface area contributed by atoms with Crippen LogP contribution in [0.25, 0.3) is 0 Å². The van der Waals surface area contributed by atoms with Crippen LogP contribution in [0.4, 0.5) is 0 Å². The highest BCUT2D eigenvalue weighted by molar-refractivity contribution is 9.10. The normalized spacial score (nSPS) is 10.1. The summed E-state index contributed by atoms with van der Waals surface area (Å²) in [6, 6.07) is 5.57. The maximum absolute atomic E-state index is 11.4. The summed E-state index contributed by atoms with van der Waals surface area (Å²) in [5.74, 6) is 0.618. The Morgan fingerprint density at radius 1 is 1.54 bits per heavy atom. The topological polar surface area (TPSA) is 17.1 Å². The third kappa shape index (κ3) is 2.55. The highest BCUT2D eigenvalue weighted by Gasteiger charge is 2.07. The number of hydrogen-bond acceptors (Lipinski definition) is 1. The molecule has 0 aromatic heterocycles. The Morgan fingerprint density at radius 3 is 2.69 bits per heavy atom. The van der Waals surface area contributed by atoms with Gasteiger partial charge in [0, 0.05) is 22.3 Å². The van der Waals surface area contributed by atoms with Crippen molar-refractivity contribution in [2.24, 2.45) is 0 Å². The first kappa shape index (κ1) is 10.7. The lowest BCUT2D eigenvalue weighted by Gasteiger charge is -2.03. The zero-order valence-electron chi connectivity index (χ0n) is 7.31. The van der Waals surface area contributed by atoms with Crippen molar-refractivity contribution in [3.63, 3.8) is 0 Å².